The van der Waals surface area contributed by atoms with Crippen molar-refractivity contribution in [2.75, 3.05) is 39.3 Å². The van der Waals surface area contributed by atoms with Crippen LogP contribution >= 0.6 is 0 Å². The molecule has 1 aromatic heterocycles. The lowest BCUT2D eigenvalue weighted by Crippen LogP contribution is -2.49. The standard InChI is InChI=1S/C17H23N3O4/c21-13-12-18-8-10-19(11-9-18)16(22)6-3-7-20-14-4-1-2-5-15(14)24-17(20)23/h1-2,4-5,21H,3,6-13H2. The Hall–Kier alpha value is -2.12. The van der Waals surface area contributed by atoms with E-state index in [1.54, 1.807) is 10.6 Å². The van der Waals surface area contributed by atoms with Gasteiger partial charge in [-0.05, 0) is 18.6 Å². The molecule has 1 aliphatic rings. The molecule has 1 aliphatic heterocycles. The van der Waals surface area contributed by atoms with Crippen molar-refractivity contribution in [3.8, 4) is 0 Å². The van der Waals surface area contributed by atoms with Gasteiger partial charge in [0.05, 0.1) is 12.1 Å². The van der Waals surface area contributed by atoms with Crippen LogP contribution in [0.2, 0.25) is 0 Å². The number of fused-ring (bicyclic) bond motifs is 1. The van der Waals surface area contributed by atoms with Crippen molar-refractivity contribution in [1.82, 2.24) is 14.4 Å². The van der Waals surface area contributed by atoms with Crippen molar-refractivity contribution in [2.24, 2.45) is 0 Å². The molecule has 1 amide bonds. The SMILES string of the molecule is O=C(CCCn1c(=O)oc2ccccc21)N1CCN(CCO)CC1. The first-order valence-electron chi connectivity index (χ1n) is 8.38. The molecule has 0 unspecified atom stereocenters. The molecule has 2 heterocycles. The maximum Gasteiger partial charge on any atom is 0.419 e. The molecule has 0 atom stereocenters. The van der Waals surface area contributed by atoms with Crippen LogP contribution in [0.5, 0.6) is 0 Å². The number of aliphatic hydroxyl groups is 1. The molecule has 1 saturated heterocycles. The molecule has 1 fully saturated rings. The fourth-order valence-electron chi connectivity index (χ4n) is 3.13. The highest BCUT2D eigenvalue weighted by molar-refractivity contribution is 5.76. The predicted molar refractivity (Wildman–Crippen MR) is 89.8 cm³/mol. The van der Waals surface area contributed by atoms with Crippen LogP contribution in [-0.2, 0) is 11.3 Å². The quantitative estimate of drug-likeness (QED) is 0.833. The van der Waals surface area contributed by atoms with E-state index in [0.29, 0.717) is 44.6 Å². The van der Waals surface area contributed by atoms with Gasteiger partial charge in [-0.3, -0.25) is 14.3 Å². The second-order valence-corrected chi connectivity index (χ2v) is 6.04. The molecule has 7 nitrogen and oxygen atoms in total. The van der Waals surface area contributed by atoms with Crippen LogP contribution in [0.15, 0.2) is 33.5 Å². The van der Waals surface area contributed by atoms with Gasteiger partial charge in [0.15, 0.2) is 5.58 Å². The third-order valence-corrected chi connectivity index (χ3v) is 4.49. The number of β-amino-alcohol motifs (C(OH)–C–C–N with tert-alkyl or cyclic N) is 1. The molecule has 0 bridgehead atoms. The van der Waals surface area contributed by atoms with Gasteiger partial charge in [0.2, 0.25) is 5.91 Å². The number of carbonyl (C=O) groups excluding carboxylic acids is 1. The van der Waals surface area contributed by atoms with E-state index in [2.05, 4.69) is 4.90 Å². The zero-order valence-electron chi connectivity index (χ0n) is 13.7. The molecule has 0 aliphatic carbocycles. The van der Waals surface area contributed by atoms with Crippen molar-refractivity contribution in [2.45, 2.75) is 19.4 Å². The summed E-state index contributed by atoms with van der Waals surface area (Å²) in [6, 6.07) is 7.31. The maximum absolute atomic E-state index is 12.3. The van der Waals surface area contributed by atoms with Gasteiger partial charge in [-0.1, -0.05) is 12.1 Å². The Morgan fingerprint density at radius 3 is 2.62 bits per heavy atom. The molecule has 3 rings (SSSR count). The first-order chi connectivity index (χ1) is 11.7. The molecule has 1 N–H and O–H groups in total. The van der Waals surface area contributed by atoms with E-state index in [1.165, 1.54) is 0 Å². The minimum absolute atomic E-state index is 0.125. The third kappa shape index (κ3) is 3.68. The van der Waals surface area contributed by atoms with Gasteiger partial charge >= 0.3 is 5.76 Å². The highest BCUT2D eigenvalue weighted by Gasteiger charge is 2.20. The lowest BCUT2D eigenvalue weighted by Gasteiger charge is -2.34. The van der Waals surface area contributed by atoms with Crippen LogP contribution in [0, 0.1) is 0 Å². The Morgan fingerprint density at radius 1 is 1.12 bits per heavy atom. The maximum atomic E-state index is 12.3. The lowest BCUT2D eigenvalue weighted by molar-refractivity contribution is -0.133. The van der Waals surface area contributed by atoms with Gasteiger partial charge in [0, 0.05) is 45.7 Å². The Bertz CT molecular complexity index is 744. The largest absolute Gasteiger partial charge is 0.419 e. The van der Waals surface area contributed by atoms with E-state index in [4.69, 9.17) is 9.52 Å². The number of aryl methyl sites for hydroxylation is 1. The molecule has 1 aromatic carbocycles. The minimum atomic E-state index is -0.374. The summed E-state index contributed by atoms with van der Waals surface area (Å²) in [5.74, 6) is -0.249. The number of carbonyl (C=O) groups is 1. The van der Waals surface area contributed by atoms with Crippen LogP contribution in [-0.4, -0.2) is 64.7 Å². The van der Waals surface area contributed by atoms with Gasteiger partial charge in [0.1, 0.15) is 0 Å². The lowest BCUT2D eigenvalue weighted by atomic mass is 10.2. The summed E-state index contributed by atoms with van der Waals surface area (Å²) in [7, 11) is 0. The van der Waals surface area contributed by atoms with Crippen LogP contribution in [0.1, 0.15) is 12.8 Å². The first-order valence-corrected chi connectivity index (χ1v) is 8.38. The van der Waals surface area contributed by atoms with E-state index < -0.39 is 0 Å². The van der Waals surface area contributed by atoms with Crippen LogP contribution in [0.4, 0.5) is 0 Å². The number of hydrogen-bond acceptors (Lipinski definition) is 5. The summed E-state index contributed by atoms with van der Waals surface area (Å²) in [6.07, 6.45) is 1.03. The fourth-order valence-corrected chi connectivity index (χ4v) is 3.13. The van der Waals surface area contributed by atoms with Gasteiger partial charge in [0.25, 0.3) is 0 Å². The third-order valence-electron chi connectivity index (χ3n) is 4.49. The van der Waals surface area contributed by atoms with Crippen LogP contribution < -0.4 is 5.76 Å². The van der Waals surface area contributed by atoms with E-state index in [9.17, 15) is 9.59 Å². The number of hydrogen-bond donors (Lipinski definition) is 1. The van der Waals surface area contributed by atoms with Crippen molar-refractivity contribution >= 4 is 17.0 Å². The summed E-state index contributed by atoms with van der Waals surface area (Å²) in [4.78, 5) is 28.2. The smallest absolute Gasteiger partial charge is 0.408 e. The molecular formula is C17H23N3O4. The monoisotopic (exact) mass is 333 g/mol. The normalized spacial score (nSPS) is 16.0. The average Bonchev–Trinajstić information content (AvgIpc) is 2.91. The van der Waals surface area contributed by atoms with Crippen LogP contribution in [0.3, 0.4) is 0 Å². The predicted octanol–water partition coefficient (Wildman–Crippen LogP) is 0.511. The fraction of sp³-hybridized carbons (Fsp3) is 0.529. The number of piperazine rings is 1. The number of nitrogens with zero attached hydrogens (tertiary/aromatic N) is 3. The summed E-state index contributed by atoms with van der Waals surface area (Å²) < 4.78 is 6.78. The minimum Gasteiger partial charge on any atom is -0.408 e. The highest BCUT2D eigenvalue weighted by Crippen LogP contribution is 2.13. The Balaban J connectivity index is 1.50. The number of aromatic nitrogens is 1. The van der Waals surface area contributed by atoms with E-state index in [0.717, 1.165) is 18.6 Å². The van der Waals surface area contributed by atoms with Gasteiger partial charge in [-0.25, -0.2) is 4.79 Å². The van der Waals surface area contributed by atoms with E-state index >= 15 is 0 Å². The molecule has 24 heavy (non-hydrogen) atoms. The number of oxazole rings is 1. The van der Waals surface area contributed by atoms with Gasteiger partial charge in [-0.15, -0.1) is 0 Å². The van der Waals surface area contributed by atoms with Crippen molar-refractivity contribution in [3.05, 3.63) is 34.8 Å². The number of para-hydroxylation sites is 2. The average molecular weight is 333 g/mol. The van der Waals surface area contributed by atoms with Crippen molar-refractivity contribution < 1.29 is 14.3 Å². The van der Waals surface area contributed by atoms with E-state index in [1.807, 2.05) is 23.1 Å². The summed E-state index contributed by atoms with van der Waals surface area (Å²) in [5, 5.41) is 8.94. The highest BCUT2D eigenvalue weighted by atomic mass is 16.4. The molecule has 0 spiro atoms. The number of benzene rings is 1. The Kier molecular flexibility index (Phi) is 5.32. The summed E-state index contributed by atoms with van der Waals surface area (Å²) in [5.41, 5.74) is 1.35. The Morgan fingerprint density at radius 2 is 1.88 bits per heavy atom. The van der Waals surface area contributed by atoms with E-state index in [-0.39, 0.29) is 18.3 Å². The van der Waals surface area contributed by atoms with Gasteiger partial charge < -0.3 is 14.4 Å². The number of aliphatic hydroxyl groups excluding tert-OH is 1. The molecule has 0 radical (unpaired) electrons. The van der Waals surface area contributed by atoms with Gasteiger partial charge in [-0.2, -0.15) is 0 Å². The molecule has 2 aromatic rings. The zero-order valence-corrected chi connectivity index (χ0v) is 13.7. The molecule has 130 valence electrons. The topological polar surface area (TPSA) is 78.9 Å². The number of amides is 1. The zero-order chi connectivity index (χ0) is 16.9. The van der Waals surface area contributed by atoms with Crippen molar-refractivity contribution in [1.29, 1.82) is 0 Å². The first kappa shape index (κ1) is 16.7. The number of rotatable bonds is 6. The second-order valence-electron chi connectivity index (χ2n) is 6.04. The van der Waals surface area contributed by atoms with Crippen LogP contribution in [0.25, 0.3) is 11.1 Å². The Labute approximate surface area is 140 Å². The molecule has 7 heteroatoms. The summed E-state index contributed by atoms with van der Waals surface area (Å²) >= 11 is 0. The molecular weight excluding hydrogens is 310 g/mol. The van der Waals surface area contributed by atoms with Crippen molar-refractivity contribution in [3.63, 3.8) is 0 Å². The molecule has 0 saturated carbocycles. The summed E-state index contributed by atoms with van der Waals surface area (Å²) in [6.45, 7) is 4.31. The second kappa shape index (κ2) is 7.63.